The molecule has 0 spiro atoms. The van der Waals surface area contributed by atoms with Gasteiger partial charge < -0.3 is 15.2 Å². The van der Waals surface area contributed by atoms with Crippen LogP contribution >= 0.6 is 35.0 Å². The maximum atomic E-state index is 12.5. The molecule has 0 aliphatic carbocycles. The fourth-order valence-corrected chi connectivity index (χ4v) is 4.11. The number of hydrogen-bond donors (Lipinski definition) is 2. The number of anilines is 2. The highest BCUT2D eigenvalue weighted by molar-refractivity contribution is 7.99. The number of halogens is 2. The lowest BCUT2D eigenvalue weighted by molar-refractivity contribution is -0.116. The molecular formula is C22H23Cl2N5O2S. The molecule has 0 saturated heterocycles. The summed E-state index contributed by atoms with van der Waals surface area (Å²) in [5, 5.41) is 15.4. The minimum Gasteiger partial charge on any atom is -0.326 e. The largest absolute Gasteiger partial charge is 0.326 e. The van der Waals surface area contributed by atoms with Gasteiger partial charge in [0.05, 0.1) is 22.9 Å². The maximum Gasteiger partial charge on any atom is 0.234 e. The third-order valence-electron chi connectivity index (χ3n) is 4.75. The van der Waals surface area contributed by atoms with Crippen molar-refractivity contribution in [1.82, 2.24) is 14.8 Å². The average molecular weight is 492 g/mol. The highest BCUT2D eigenvalue weighted by Gasteiger charge is 2.16. The van der Waals surface area contributed by atoms with Crippen LogP contribution in [0.1, 0.15) is 23.9 Å². The van der Waals surface area contributed by atoms with Crippen LogP contribution in [-0.2, 0) is 22.6 Å². The van der Waals surface area contributed by atoms with E-state index in [0.29, 0.717) is 33.3 Å². The Hall–Kier alpha value is -2.55. The molecule has 7 nitrogen and oxygen atoms in total. The molecule has 10 heteroatoms. The van der Waals surface area contributed by atoms with Crippen molar-refractivity contribution in [2.45, 2.75) is 38.9 Å². The summed E-state index contributed by atoms with van der Waals surface area (Å²) in [5.74, 6) is 0.212. The number of benzene rings is 2. The van der Waals surface area contributed by atoms with Gasteiger partial charge in [0, 0.05) is 17.3 Å². The van der Waals surface area contributed by atoms with Gasteiger partial charge in [-0.1, -0.05) is 41.0 Å². The van der Waals surface area contributed by atoms with Gasteiger partial charge in [-0.3, -0.25) is 9.59 Å². The molecule has 0 aliphatic heterocycles. The van der Waals surface area contributed by atoms with Crippen molar-refractivity contribution in [2.24, 2.45) is 0 Å². The van der Waals surface area contributed by atoms with Crippen LogP contribution in [0.4, 0.5) is 11.4 Å². The van der Waals surface area contributed by atoms with Crippen LogP contribution in [0.25, 0.3) is 0 Å². The van der Waals surface area contributed by atoms with Crippen molar-refractivity contribution in [3.8, 4) is 0 Å². The highest BCUT2D eigenvalue weighted by atomic mass is 35.5. The van der Waals surface area contributed by atoms with E-state index in [9.17, 15) is 9.59 Å². The summed E-state index contributed by atoms with van der Waals surface area (Å²) in [5.41, 5.74) is 3.46. The van der Waals surface area contributed by atoms with E-state index in [2.05, 4.69) is 20.8 Å². The Labute approximate surface area is 200 Å². The SMILES string of the molecule is CCn1c(CC(=O)Nc2ccc(C)c(C)c2)nnc1SCC(=O)Nc1cc(Cl)ccc1Cl. The molecular weight excluding hydrogens is 469 g/mol. The molecule has 0 unspecified atom stereocenters. The average Bonchev–Trinajstić information content (AvgIpc) is 3.13. The Morgan fingerprint density at radius 2 is 1.78 bits per heavy atom. The van der Waals surface area contributed by atoms with Gasteiger partial charge in [-0.05, 0) is 62.2 Å². The van der Waals surface area contributed by atoms with Gasteiger partial charge >= 0.3 is 0 Å². The van der Waals surface area contributed by atoms with Crippen LogP contribution in [-0.4, -0.2) is 32.3 Å². The molecule has 2 aromatic carbocycles. The molecule has 32 heavy (non-hydrogen) atoms. The zero-order valence-electron chi connectivity index (χ0n) is 17.9. The third-order valence-corrected chi connectivity index (χ3v) is 6.29. The number of amides is 2. The molecule has 0 radical (unpaired) electrons. The van der Waals surface area contributed by atoms with E-state index in [4.69, 9.17) is 23.2 Å². The monoisotopic (exact) mass is 491 g/mol. The van der Waals surface area contributed by atoms with E-state index in [1.54, 1.807) is 18.2 Å². The molecule has 0 saturated carbocycles. The Bertz CT molecular complexity index is 1150. The number of hydrogen-bond acceptors (Lipinski definition) is 5. The van der Waals surface area contributed by atoms with Crippen molar-refractivity contribution in [1.29, 1.82) is 0 Å². The highest BCUT2D eigenvalue weighted by Crippen LogP contribution is 2.26. The molecule has 2 N–H and O–H groups in total. The van der Waals surface area contributed by atoms with Crippen molar-refractivity contribution >= 4 is 58.2 Å². The lowest BCUT2D eigenvalue weighted by Gasteiger charge is -2.10. The zero-order chi connectivity index (χ0) is 23.3. The number of aryl methyl sites for hydroxylation is 2. The van der Waals surface area contributed by atoms with Crippen LogP contribution in [0.5, 0.6) is 0 Å². The predicted octanol–water partition coefficient (Wildman–Crippen LogP) is 5.13. The lowest BCUT2D eigenvalue weighted by atomic mass is 10.1. The Balaban J connectivity index is 1.60. The summed E-state index contributed by atoms with van der Waals surface area (Å²) in [6, 6.07) is 10.6. The number of aromatic nitrogens is 3. The second-order valence-electron chi connectivity index (χ2n) is 7.13. The lowest BCUT2D eigenvalue weighted by Crippen LogP contribution is -2.18. The van der Waals surface area contributed by atoms with Crippen LogP contribution in [0.15, 0.2) is 41.6 Å². The van der Waals surface area contributed by atoms with Crippen LogP contribution in [0, 0.1) is 13.8 Å². The van der Waals surface area contributed by atoms with Crippen molar-refractivity contribution in [3.05, 3.63) is 63.4 Å². The molecule has 2 amide bonds. The summed E-state index contributed by atoms with van der Waals surface area (Å²) < 4.78 is 1.82. The smallest absolute Gasteiger partial charge is 0.234 e. The summed E-state index contributed by atoms with van der Waals surface area (Å²) in [6.45, 7) is 6.53. The van der Waals surface area contributed by atoms with Gasteiger partial charge in [0.1, 0.15) is 5.82 Å². The number of carbonyl (C=O) groups excluding carboxylic acids is 2. The fraction of sp³-hybridized carbons (Fsp3) is 0.273. The summed E-state index contributed by atoms with van der Waals surface area (Å²) in [4.78, 5) is 24.8. The number of thioether (sulfide) groups is 1. The molecule has 1 aromatic heterocycles. The summed E-state index contributed by atoms with van der Waals surface area (Å²) >= 11 is 13.3. The van der Waals surface area contributed by atoms with Crippen LogP contribution in [0.2, 0.25) is 10.0 Å². The number of nitrogens with zero attached hydrogens (tertiary/aromatic N) is 3. The van der Waals surface area contributed by atoms with Gasteiger partial charge in [0.15, 0.2) is 5.16 Å². The van der Waals surface area contributed by atoms with Crippen molar-refractivity contribution in [3.63, 3.8) is 0 Å². The van der Waals surface area contributed by atoms with E-state index in [1.807, 2.05) is 43.5 Å². The first kappa shape index (κ1) is 24.1. The number of nitrogens with one attached hydrogen (secondary N) is 2. The van der Waals surface area contributed by atoms with Crippen LogP contribution in [0.3, 0.4) is 0 Å². The van der Waals surface area contributed by atoms with Crippen LogP contribution < -0.4 is 10.6 Å². The molecule has 0 atom stereocenters. The maximum absolute atomic E-state index is 12.5. The second kappa shape index (κ2) is 10.8. The van der Waals surface area contributed by atoms with E-state index in [0.717, 1.165) is 16.8 Å². The quantitative estimate of drug-likeness (QED) is 0.426. The molecule has 0 fully saturated rings. The first-order chi connectivity index (χ1) is 15.3. The van der Waals surface area contributed by atoms with E-state index in [-0.39, 0.29) is 24.0 Å². The Morgan fingerprint density at radius 1 is 1.00 bits per heavy atom. The van der Waals surface area contributed by atoms with Crippen molar-refractivity contribution in [2.75, 3.05) is 16.4 Å². The van der Waals surface area contributed by atoms with E-state index >= 15 is 0 Å². The van der Waals surface area contributed by atoms with Gasteiger partial charge in [0.25, 0.3) is 0 Å². The second-order valence-corrected chi connectivity index (χ2v) is 8.91. The first-order valence-electron chi connectivity index (χ1n) is 9.93. The van der Waals surface area contributed by atoms with Gasteiger partial charge in [-0.15, -0.1) is 10.2 Å². The molecule has 1 heterocycles. The van der Waals surface area contributed by atoms with E-state index in [1.165, 1.54) is 11.8 Å². The molecule has 168 valence electrons. The summed E-state index contributed by atoms with van der Waals surface area (Å²) in [7, 11) is 0. The topological polar surface area (TPSA) is 88.9 Å². The molecule has 3 aromatic rings. The normalized spacial score (nSPS) is 10.8. The fourth-order valence-electron chi connectivity index (χ4n) is 2.95. The Kier molecular flexibility index (Phi) is 8.17. The van der Waals surface area contributed by atoms with E-state index < -0.39 is 0 Å². The van der Waals surface area contributed by atoms with Gasteiger partial charge in [-0.2, -0.15) is 0 Å². The molecule has 0 aliphatic rings. The standard InChI is InChI=1S/C22H23Cl2N5O2S/c1-4-29-19(11-20(30)25-16-7-5-13(2)14(3)9-16)27-28-22(29)32-12-21(31)26-18-10-15(23)6-8-17(18)24/h5-10H,4,11-12H2,1-3H3,(H,25,30)(H,26,31). The third kappa shape index (κ3) is 6.25. The minimum absolute atomic E-state index is 0.0820. The molecule has 3 rings (SSSR count). The number of rotatable bonds is 8. The van der Waals surface area contributed by atoms with Gasteiger partial charge in [0.2, 0.25) is 11.8 Å². The summed E-state index contributed by atoms with van der Waals surface area (Å²) in [6.07, 6.45) is 0.0820. The zero-order valence-corrected chi connectivity index (χ0v) is 20.2. The first-order valence-corrected chi connectivity index (χ1v) is 11.7. The van der Waals surface area contributed by atoms with Gasteiger partial charge in [-0.25, -0.2) is 0 Å². The minimum atomic E-state index is -0.251. The predicted molar refractivity (Wildman–Crippen MR) is 130 cm³/mol. The van der Waals surface area contributed by atoms with Crippen molar-refractivity contribution < 1.29 is 9.59 Å². The molecule has 0 bridgehead atoms. The Morgan fingerprint density at radius 3 is 2.50 bits per heavy atom. The number of carbonyl (C=O) groups is 2.